The maximum absolute atomic E-state index is 9.45. The van der Waals surface area contributed by atoms with E-state index in [1.807, 2.05) is 25.1 Å². The summed E-state index contributed by atoms with van der Waals surface area (Å²) in [5.74, 6) is 0.842. The second-order valence-electron chi connectivity index (χ2n) is 3.57. The number of hydrogen-bond acceptors (Lipinski definition) is 2. The summed E-state index contributed by atoms with van der Waals surface area (Å²) >= 11 is 3.44. The second kappa shape index (κ2) is 6.13. The van der Waals surface area contributed by atoms with Gasteiger partial charge in [-0.15, -0.1) is 0 Å². The molecule has 1 rings (SSSR count). The Labute approximate surface area is 99.4 Å². The first-order chi connectivity index (χ1) is 7.17. The Morgan fingerprint density at radius 3 is 2.73 bits per heavy atom. The molecule has 0 radical (unpaired) electrons. The van der Waals surface area contributed by atoms with Gasteiger partial charge in [-0.2, -0.15) is 0 Å². The fourth-order valence-corrected chi connectivity index (χ4v) is 1.99. The van der Waals surface area contributed by atoms with E-state index in [9.17, 15) is 5.11 Å². The fourth-order valence-electron chi connectivity index (χ4n) is 1.40. The zero-order chi connectivity index (χ0) is 11.3. The van der Waals surface area contributed by atoms with Crippen LogP contribution in [0.3, 0.4) is 0 Å². The topological polar surface area (TPSA) is 29.5 Å². The SMILES string of the molecule is CCC(O)CCc1ccc(OC)c(Br)c1. The molecule has 1 aromatic carbocycles. The highest BCUT2D eigenvalue weighted by Gasteiger charge is 2.04. The van der Waals surface area contributed by atoms with Crippen molar-refractivity contribution in [2.45, 2.75) is 32.3 Å². The number of hydrogen-bond donors (Lipinski definition) is 1. The van der Waals surface area contributed by atoms with Crippen LogP contribution in [0.2, 0.25) is 0 Å². The van der Waals surface area contributed by atoms with Crippen LogP contribution in [0, 0.1) is 0 Å². The van der Waals surface area contributed by atoms with E-state index in [1.165, 1.54) is 5.56 Å². The van der Waals surface area contributed by atoms with Crippen LogP contribution in [-0.2, 0) is 6.42 Å². The highest BCUT2D eigenvalue weighted by molar-refractivity contribution is 9.10. The summed E-state index contributed by atoms with van der Waals surface area (Å²) in [6, 6.07) is 6.02. The van der Waals surface area contributed by atoms with E-state index < -0.39 is 0 Å². The van der Waals surface area contributed by atoms with Gasteiger partial charge in [0.05, 0.1) is 17.7 Å². The Balaban J connectivity index is 2.59. The van der Waals surface area contributed by atoms with Crippen LogP contribution in [0.15, 0.2) is 22.7 Å². The van der Waals surface area contributed by atoms with Gasteiger partial charge in [-0.05, 0) is 52.9 Å². The van der Waals surface area contributed by atoms with Gasteiger partial charge in [-0.1, -0.05) is 13.0 Å². The Bertz CT molecular complexity index is 312. The lowest BCUT2D eigenvalue weighted by molar-refractivity contribution is 0.160. The standard InChI is InChI=1S/C12H17BrO2/c1-3-10(14)6-4-9-5-7-12(15-2)11(13)8-9/h5,7-8,10,14H,3-4,6H2,1-2H3. The van der Waals surface area contributed by atoms with Gasteiger partial charge in [0.25, 0.3) is 0 Å². The van der Waals surface area contributed by atoms with Gasteiger partial charge >= 0.3 is 0 Å². The van der Waals surface area contributed by atoms with Crippen molar-refractivity contribution in [3.63, 3.8) is 0 Å². The summed E-state index contributed by atoms with van der Waals surface area (Å²) in [4.78, 5) is 0. The van der Waals surface area contributed by atoms with Gasteiger partial charge in [0.1, 0.15) is 5.75 Å². The molecule has 0 saturated heterocycles. The van der Waals surface area contributed by atoms with Gasteiger partial charge in [0.15, 0.2) is 0 Å². The maximum Gasteiger partial charge on any atom is 0.133 e. The van der Waals surface area contributed by atoms with Crippen molar-refractivity contribution >= 4 is 15.9 Å². The molecule has 2 nitrogen and oxygen atoms in total. The molecular formula is C12H17BrO2. The first kappa shape index (κ1) is 12.5. The molecule has 15 heavy (non-hydrogen) atoms. The van der Waals surface area contributed by atoms with Crippen molar-refractivity contribution in [3.05, 3.63) is 28.2 Å². The largest absolute Gasteiger partial charge is 0.496 e. The van der Waals surface area contributed by atoms with Crippen LogP contribution < -0.4 is 4.74 Å². The first-order valence-corrected chi connectivity index (χ1v) is 5.97. The van der Waals surface area contributed by atoms with Crippen LogP contribution in [0.1, 0.15) is 25.3 Å². The molecule has 0 aromatic heterocycles. The van der Waals surface area contributed by atoms with E-state index in [4.69, 9.17) is 4.74 Å². The number of aryl methyl sites for hydroxylation is 1. The van der Waals surface area contributed by atoms with Gasteiger partial charge in [-0.3, -0.25) is 0 Å². The van der Waals surface area contributed by atoms with E-state index in [1.54, 1.807) is 7.11 Å². The van der Waals surface area contributed by atoms with Crippen molar-refractivity contribution < 1.29 is 9.84 Å². The zero-order valence-electron chi connectivity index (χ0n) is 9.16. The molecule has 1 unspecified atom stereocenters. The summed E-state index contributed by atoms with van der Waals surface area (Å²) in [6.07, 6.45) is 2.34. The smallest absolute Gasteiger partial charge is 0.133 e. The monoisotopic (exact) mass is 272 g/mol. The molecule has 0 aliphatic heterocycles. The lowest BCUT2D eigenvalue weighted by Crippen LogP contribution is -2.05. The van der Waals surface area contributed by atoms with E-state index in [0.29, 0.717) is 0 Å². The minimum atomic E-state index is -0.189. The number of aliphatic hydroxyl groups is 1. The molecule has 1 aromatic rings. The van der Waals surface area contributed by atoms with Crippen molar-refractivity contribution in [2.75, 3.05) is 7.11 Å². The lowest BCUT2D eigenvalue weighted by Gasteiger charge is -2.09. The Morgan fingerprint density at radius 1 is 1.47 bits per heavy atom. The van der Waals surface area contributed by atoms with E-state index in [0.717, 1.165) is 29.5 Å². The fraction of sp³-hybridized carbons (Fsp3) is 0.500. The Kier molecular flexibility index (Phi) is 5.12. The molecule has 0 aliphatic carbocycles. The van der Waals surface area contributed by atoms with Crippen molar-refractivity contribution in [3.8, 4) is 5.75 Å². The van der Waals surface area contributed by atoms with E-state index in [-0.39, 0.29) is 6.10 Å². The molecule has 0 bridgehead atoms. The Morgan fingerprint density at radius 2 is 2.20 bits per heavy atom. The molecular weight excluding hydrogens is 256 g/mol. The number of ether oxygens (including phenoxy) is 1. The number of aliphatic hydroxyl groups excluding tert-OH is 1. The quantitative estimate of drug-likeness (QED) is 0.893. The maximum atomic E-state index is 9.45. The van der Waals surface area contributed by atoms with Crippen LogP contribution in [0.4, 0.5) is 0 Å². The predicted octanol–water partition coefficient (Wildman–Crippen LogP) is 3.16. The molecule has 0 saturated carbocycles. The third kappa shape index (κ3) is 3.84. The third-order valence-corrected chi connectivity index (χ3v) is 3.07. The van der Waals surface area contributed by atoms with Crippen molar-refractivity contribution in [1.29, 1.82) is 0 Å². The minimum Gasteiger partial charge on any atom is -0.496 e. The summed E-state index contributed by atoms with van der Waals surface area (Å²) in [5.41, 5.74) is 1.22. The minimum absolute atomic E-state index is 0.189. The third-order valence-electron chi connectivity index (χ3n) is 2.45. The molecule has 1 N–H and O–H groups in total. The average Bonchev–Trinajstić information content (AvgIpc) is 2.26. The zero-order valence-corrected chi connectivity index (χ0v) is 10.8. The summed E-state index contributed by atoms with van der Waals surface area (Å²) in [6.45, 7) is 1.99. The highest BCUT2D eigenvalue weighted by Crippen LogP contribution is 2.26. The number of benzene rings is 1. The second-order valence-corrected chi connectivity index (χ2v) is 4.42. The number of rotatable bonds is 5. The number of halogens is 1. The van der Waals surface area contributed by atoms with Crippen LogP contribution in [0.5, 0.6) is 5.75 Å². The van der Waals surface area contributed by atoms with E-state index in [2.05, 4.69) is 15.9 Å². The summed E-state index contributed by atoms with van der Waals surface area (Å²) in [7, 11) is 1.65. The van der Waals surface area contributed by atoms with E-state index >= 15 is 0 Å². The summed E-state index contributed by atoms with van der Waals surface area (Å²) < 4.78 is 6.12. The first-order valence-electron chi connectivity index (χ1n) is 5.17. The molecule has 0 amide bonds. The average molecular weight is 273 g/mol. The molecule has 84 valence electrons. The van der Waals surface area contributed by atoms with Crippen LogP contribution in [0.25, 0.3) is 0 Å². The van der Waals surface area contributed by atoms with Gasteiger partial charge in [0.2, 0.25) is 0 Å². The molecule has 1 atom stereocenters. The van der Waals surface area contributed by atoms with Gasteiger partial charge in [-0.25, -0.2) is 0 Å². The normalized spacial score (nSPS) is 12.5. The molecule has 0 heterocycles. The molecule has 3 heteroatoms. The molecule has 0 aliphatic rings. The number of methoxy groups -OCH3 is 1. The van der Waals surface area contributed by atoms with Crippen molar-refractivity contribution in [1.82, 2.24) is 0 Å². The van der Waals surface area contributed by atoms with Crippen LogP contribution >= 0.6 is 15.9 Å². The van der Waals surface area contributed by atoms with Gasteiger partial charge in [0, 0.05) is 0 Å². The van der Waals surface area contributed by atoms with Crippen LogP contribution in [-0.4, -0.2) is 18.3 Å². The lowest BCUT2D eigenvalue weighted by atomic mass is 10.1. The molecule has 0 spiro atoms. The Hall–Kier alpha value is -0.540. The molecule has 0 fully saturated rings. The van der Waals surface area contributed by atoms with Gasteiger partial charge < -0.3 is 9.84 Å². The summed E-state index contributed by atoms with van der Waals surface area (Å²) in [5, 5.41) is 9.45. The highest BCUT2D eigenvalue weighted by atomic mass is 79.9. The van der Waals surface area contributed by atoms with Crippen molar-refractivity contribution in [2.24, 2.45) is 0 Å². The predicted molar refractivity (Wildman–Crippen MR) is 65.3 cm³/mol.